The Labute approximate surface area is 111 Å². The topological polar surface area (TPSA) is 76.2 Å². The van der Waals surface area contributed by atoms with Crippen LogP contribution in [0.5, 0.6) is 0 Å². The van der Waals surface area contributed by atoms with Gasteiger partial charge in [-0.3, -0.25) is 0 Å². The van der Waals surface area contributed by atoms with Crippen molar-refractivity contribution in [2.24, 2.45) is 5.92 Å². The maximum atomic E-state index is 11.6. The van der Waals surface area contributed by atoms with Crippen LogP contribution in [0, 0.1) is 5.92 Å². The van der Waals surface area contributed by atoms with E-state index in [0.29, 0.717) is 6.61 Å². The van der Waals surface area contributed by atoms with E-state index in [4.69, 9.17) is 15.4 Å². The molecule has 1 aromatic heterocycles. The summed E-state index contributed by atoms with van der Waals surface area (Å²) in [5, 5.41) is 0. The number of carbonyl (C=O) groups is 1. The minimum absolute atomic E-state index is 0.0814. The van der Waals surface area contributed by atoms with Gasteiger partial charge in [0.05, 0.1) is 6.61 Å². The Bertz CT molecular complexity index is 509. The van der Waals surface area contributed by atoms with E-state index >= 15 is 0 Å². The van der Waals surface area contributed by atoms with E-state index in [1.54, 1.807) is 0 Å². The van der Waals surface area contributed by atoms with Gasteiger partial charge in [-0.1, -0.05) is 20.3 Å². The second-order valence-corrected chi connectivity index (χ2v) is 6.75. The quantitative estimate of drug-likeness (QED) is 0.646. The Morgan fingerprint density at radius 2 is 2.22 bits per heavy atom. The fourth-order valence-corrected chi connectivity index (χ4v) is 2.23. The van der Waals surface area contributed by atoms with Gasteiger partial charge in [-0.25, -0.2) is 13.2 Å². The van der Waals surface area contributed by atoms with E-state index in [1.165, 1.54) is 0 Å². The van der Waals surface area contributed by atoms with Gasteiger partial charge < -0.3 is 9.72 Å². The molecule has 7 heteroatoms. The van der Waals surface area contributed by atoms with Crippen molar-refractivity contribution in [2.75, 3.05) is 6.61 Å². The van der Waals surface area contributed by atoms with Crippen molar-refractivity contribution in [3.05, 3.63) is 18.0 Å². The number of nitrogens with one attached hydrogen (secondary N) is 1. The molecule has 0 aliphatic rings. The number of ether oxygens (including phenoxy) is 1. The molecule has 0 radical (unpaired) electrons. The fraction of sp³-hybridized carbons (Fsp3) is 0.545. The van der Waals surface area contributed by atoms with Crippen molar-refractivity contribution in [3.63, 3.8) is 0 Å². The van der Waals surface area contributed by atoms with Gasteiger partial charge in [0.25, 0.3) is 9.05 Å². The standard InChI is InChI=1S/C11H16ClNO4S/c1-3-4-8(2)7-17-11(14)10-5-9(6-13-10)18(12,15)16/h5-6,8,13H,3-4,7H2,1-2H3. The number of rotatable bonds is 6. The Morgan fingerprint density at radius 3 is 2.72 bits per heavy atom. The number of carbonyl (C=O) groups excluding carboxylic acids is 1. The zero-order chi connectivity index (χ0) is 13.8. The second-order valence-electron chi connectivity index (χ2n) is 4.18. The monoisotopic (exact) mass is 293 g/mol. The Morgan fingerprint density at radius 1 is 1.56 bits per heavy atom. The average Bonchev–Trinajstić information content (AvgIpc) is 2.75. The highest BCUT2D eigenvalue weighted by Crippen LogP contribution is 2.16. The van der Waals surface area contributed by atoms with Gasteiger partial charge in [0.2, 0.25) is 0 Å². The first-order valence-corrected chi connectivity index (χ1v) is 7.95. The van der Waals surface area contributed by atoms with Crippen molar-refractivity contribution in [1.82, 2.24) is 4.98 Å². The molecule has 1 rings (SSSR count). The van der Waals surface area contributed by atoms with E-state index in [2.05, 4.69) is 11.9 Å². The molecule has 102 valence electrons. The number of aromatic nitrogens is 1. The van der Waals surface area contributed by atoms with Crippen molar-refractivity contribution < 1.29 is 17.9 Å². The molecule has 1 atom stereocenters. The lowest BCUT2D eigenvalue weighted by atomic mass is 10.1. The van der Waals surface area contributed by atoms with Gasteiger partial charge in [0, 0.05) is 16.9 Å². The minimum atomic E-state index is -3.82. The fourth-order valence-electron chi connectivity index (χ4n) is 1.50. The Kier molecular flexibility index (Phi) is 5.22. The molecule has 0 saturated carbocycles. The molecule has 0 aliphatic carbocycles. The molecular weight excluding hydrogens is 278 g/mol. The van der Waals surface area contributed by atoms with Crippen molar-refractivity contribution >= 4 is 25.7 Å². The summed E-state index contributed by atoms with van der Waals surface area (Å²) < 4.78 is 27.1. The van der Waals surface area contributed by atoms with E-state index in [1.807, 2.05) is 6.92 Å². The summed E-state index contributed by atoms with van der Waals surface area (Å²) >= 11 is 0. The molecule has 1 unspecified atom stereocenters. The molecule has 0 aliphatic heterocycles. The van der Waals surface area contributed by atoms with Crippen LogP contribution in [0.1, 0.15) is 37.2 Å². The maximum Gasteiger partial charge on any atom is 0.354 e. The molecule has 1 heterocycles. The summed E-state index contributed by atoms with van der Waals surface area (Å²) in [5.41, 5.74) is 0.0814. The van der Waals surface area contributed by atoms with Crippen molar-refractivity contribution in [2.45, 2.75) is 31.6 Å². The highest BCUT2D eigenvalue weighted by atomic mass is 35.7. The zero-order valence-electron chi connectivity index (χ0n) is 10.3. The lowest BCUT2D eigenvalue weighted by molar-refractivity contribution is 0.0437. The molecular formula is C11H16ClNO4S. The zero-order valence-corrected chi connectivity index (χ0v) is 11.8. The van der Waals surface area contributed by atoms with Gasteiger partial charge in [0.15, 0.2) is 0 Å². The molecule has 0 bridgehead atoms. The van der Waals surface area contributed by atoms with Crippen molar-refractivity contribution in [3.8, 4) is 0 Å². The molecule has 1 aromatic rings. The first-order valence-electron chi connectivity index (χ1n) is 5.64. The first-order chi connectivity index (χ1) is 8.34. The third kappa shape index (κ3) is 4.34. The van der Waals surface area contributed by atoms with Crippen LogP contribution in [0.2, 0.25) is 0 Å². The van der Waals surface area contributed by atoms with Crippen LogP contribution >= 0.6 is 10.7 Å². The second kappa shape index (κ2) is 6.24. The van der Waals surface area contributed by atoms with Crippen LogP contribution < -0.4 is 0 Å². The third-order valence-corrected chi connectivity index (χ3v) is 3.77. The van der Waals surface area contributed by atoms with Gasteiger partial charge in [-0.2, -0.15) is 0 Å². The van der Waals surface area contributed by atoms with E-state index in [9.17, 15) is 13.2 Å². The predicted octanol–water partition coefficient (Wildman–Crippen LogP) is 2.54. The number of hydrogen-bond donors (Lipinski definition) is 1. The number of aromatic amines is 1. The van der Waals surface area contributed by atoms with Crippen LogP contribution in [-0.4, -0.2) is 26.0 Å². The molecule has 18 heavy (non-hydrogen) atoms. The Balaban J connectivity index is 2.60. The first kappa shape index (κ1) is 15.0. The molecule has 0 aromatic carbocycles. The van der Waals surface area contributed by atoms with Gasteiger partial charge in [-0.15, -0.1) is 0 Å². The Hall–Kier alpha value is -1.01. The average molecular weight is 294 g/mol. The van der Waals surface area contributed by atoms with Crippen LogP contribution in [0.15, 0.2) is 17.2 Å². The normalized spacial score (nSPS) is 13.3. The van der Waals surface area contributed by atoms with Gasteiger partial charge in [0.1, 0.15) is 10.6 Å². The highest BCUT2D eigenvalue weighted by Gasteiger charge is 2.17. The molecule has 5 nitrogen and oxygen atoms in total. The third-order valence-electron chi connectivity index (χ3n) is 2.44. The van der Waals surface area contributed by atoms with Crippen LogP contribution in [0.3, 0.4) is 0 Å². The number of halogens is 1. The van der Waals surface area contributed by atoms with E-state index in [0.717, 1.165) is 25.1 Å². The summed E-state index contributed by atoms with van der Waals surface area (Å²) in [6, 6.07) is 1.16. The molecule has 1 N–H and O–H groups in total. The summed E-state index contributed by atoms with van der Waals surface area (Å²) in [6.45, 7) is 4.36. The predicted molar refractivity (Wildman–Crippen MR) is 68.2 cm³/mol. The molecule has 0 fully saturated rings. The SMILES string of the molecule is CCCC(C)COC(=O)c1cc(S(=O)(=O)Cl)c[nH]1. The molecule has 0 saturated heterocycles. The summed E-state index contributed by atoms with van der Waals surface area (Å²) in [4.78, 5) is 14.0. The smallest absolute Gasteiger partial charge is 0.354 e. The van der Waals surface area contributed by atoms with Gasteiger partial charge in [-0.05, 0) is 18.4 Å². The lowest BCUT2D eigenvalue weighted by Crippen LogP contribution is -2.12. The molecule has 0 amide bonds. The maximum absolute atomic E-state index is 11.6. The van der Waals surface area contributed by atoms with Gasteiger partial charge >= 0.3 is 5.97 Å². The largest absolute Gasteiger partial charge is 0.461 e. The van der Waals surface area contributed by atoms with E-state index < -0.39 is 15.0 Å². The van der Waals surface area contributed by atoms with E-state index in [-0.39, 0.29) is 16.5 Å². The summed E-state index contributed by atoms with van der Waals surface area (Å²) in [7, 11) is 1.32. The lowest BCUT2D eigenvalue weighted by Gasteiger charge is -2.09. The summed E-state index contributed by atoms with van der Waals surface area (Å²) in [5.74, 6) is -0.297. The number of hydrogen-bond acceptors (Lipinski definition) is 4. The van der Waals surface area contributed by atoms with Crippen molar-refractivity contribution in [1.29, 1.82) is 0 Å². The number of H-pyrrole nitrogens is 1. The van der Waals surface area contributed by atoms with Crippen LogP contribution in [0.25, 0.3) is 0 Å². The highest BCUT2D eigenvalue weighted by molar-refractivity contribution is 8.13. The van der Waals surface area contributed by atoms with Crippen LogP contribution in [0.4, 0.5) is 0 Å². The summed E-state index contributed by atoms with van der Waals surface area (Å²) in [6.07, 6.45) is 3.16. The molecule has 0 spiro atoms. The number of esters is 1. The van der Waals surface area contributed by atoms with Crippen LogP contribution in [-0.2, 0) is 13.8 Å². The minimum Gasteiger partial charge on any atom is -0.461 e.